The lowest BCUT2D eigenvalue weighted by molar-refractivity contribution is 0.673. The molecule has 0 N–H and O–H groups in total. The minimum atomic E-state index is -0.141. The van der Waals surface area contributed by atoms with Gasteiger partial charge in [-0.3, -0.25) is 0 Å². The fraction of sp³-hybridized carbons (Fsp3) is 0. The number of para-hydroxylation sites is 1. The monoisotopic (exact) mass is 769 g/mol. The van der Waals surface area contributed by atoms with Crippen molar-refractivity contribution in [2.75, 3.05) is 4.90 Å². The minimum Gasteiger partial charge on any atom is -0.455 e. The highest BCUT2D eigenvalue weighted by Crippen LogP contribution is 2.45. The zero-order valence-corrected chi connectivity index (χ0v) is 32.6. The number of rotatable bonds is 8. The Kier molecular flexibility index (Phi) is 7.83. The van der Waals surface area contributed by atoms with Crippen LogP contribution in [0.2, 0.25) is 0 Å². The number of nitrogens with zero attached hydrogens (tertiary/aromatic N) is 1. The van der Waals surface area contributed by atoms with E-state index in [0.29, 0.717) is 16.9 Å². The number of furan rings is 1. The van der Waals surface area contributed by atoms with Gasteiger partial charge >= 0.3 is 0 Å². The molecule has 0 radical (unpaired) electrons. The van der Waals surface area contributed by atoms with E-state index in [4.69, 9.17) is 4.42 Å². The maximum Gasteiger partial charge on any atom is 0.143 e. The Morgan fingerprint density at radius 3 is 1.62 bits per heavy atom. The Labute approximate surface area is 355 Å². The zero-order valence-electron chi connectivity index (χ0n) is 36.6. The van der Waals surface area contributed by atoms with Crippen LogP contribution < -0.4 is 4.90 Å². The Morgan fingerprint density at radius 1 is 0.350 bits per heavy atom. The van der Waals surface area contributed by atoms with Crippen molar-refractivity contribution in [3.05, 3.63) is 236 Å². The number of hydrogen-bond donors (Lipinski definition) is 0. The van der Waals surface area contributed by atoms with Crippen LogP contribution in [-0.4, -0.2) is 0 Å². The molecule has 0 amide bonds. The summed E-state index contributed by atoms with van der Waals surface area (Å²) in [5.74, 6) is 0. The van der Waals surface area contributed by atoms with E-state index in [2.05, 4.69) is 78.9 Å². The summed E-state index contributed by atoms with van der Waals surface area (Å²) in [6, 6.07) is 70.6. The van der Waals surface area contributed by atoms with Gasteiger partial charge in [-0.15, -0.1) is 0 Å². The van der Waals surface area contributed by atoms with Gasteiger partial charge in [-0.05, 0) is 97.9 Å². The third kappa shape index (κ3) is 6.41. The zero-order chi connectivity index (χ0) is 43.3. The molecule has 1 heterocycles. The van der Waals surface area contributed by atoms with Gasteiger partial charge in [0.15, 0.2) is 0 Å². The third-order valence-corrected chi connectivity index (χ3v) is 11.4. The second kappa shape index (κ2) is 15.1. The molecule has 10 aromatic carbocycles. The highest BCUT2D eigenvalue weighted by Gasteiger charge is 2.20. The van der Waals surface area contributed by atoms with Gasteiger partial charge in [0.05, 0.1) is 11.2 Å². The van der Waals surface area contributed by atoms with Crippen LogP contribution in [0.5, 0.6) is 0 Å². The van der Waals surface area contributed by atoms with Gasteiger partial charge in [0.25, 0.3) is 0 Å². The van der Waals surface area contributed by atoms with Crippen molar-refractivity contribution >= 4 is 49.8 Å². The molecule has 0 bridgehead atoms. The number of fused-ring (bicyclic) bond motifs is 5. The topological polar surface area (TPSA) is 16.4 Å². The largest absolute Gasteiger partial charge is 0.455 e. The van der Waals surface area contributed by atoms with Crippen molar-refractivity contribution in [2.45, 2.75) is 0 Å². The predicted octanol–water partition coefficient (Wildman–Crippen LogP) is 16.5. The van der Waals surface area contributed by atoms with Crippen LogP contribution in [-0.2, 0) is 0 Å². The van der Waals surface area contributed by atoms with E-state index in [-0.39, 0.29) is 35.4 Å². The molecule has 2 heteroatoms. The molecular formula is C58H39NO. The molecule has 282 valence electrons. The number of benzene rings is 10. The van der Waals surface area contributed by atoms with Gasteiger partial charge in [-0.25, -0.2) is 0 Å². The SMILES string of the molecule is [2H]c1c([2H])c(N(c2cccc(-c3cccc4oc5c6ccccc6ccc5c34)c2)c2ccccc2-c2ccc(-c3ccccc3)cc2)c([2H])c([2H])c1-c1ccc(-c2ccccc2)cc1. The molecule has 0 saturated carbocycles. The van der Waals surface area contributed by atoms with Gasteiger partial charge < -0.3 is 9.32 Å². The summed E-state index contributed by atoms with van der Waals surface area (Å²) in [6.07, 6.45) is 0. The highest BCUT2D eigenvalue weighted by atomic mass is 16.3. The second-order valence-electron chi connectivity index (χ2n) is 15.0. The lowest BCUT2D eigenvalue weighted by atomic mass is 9.96. The Bertz CT molecular complexity index is 3500. The van der Waals surface area contributed by atoms with Crippen molar-refractivity contribution < 1.29 is 9.90 Å². The molecule has 11 aromatic rings. The lowest BCUT2D eigenvalue weighted by Gasteiger charge is -2.28. The predicted molar refractivity (Wildman–Crippen MR) is 253 cm³/mol. The van der Waals surface area contributed by atoms with E-state index >= 15 is 0 Å². The fourth-order valence-corrected chi connectivity index (χ4v) is 8.40. The molecule has 0 aliphatic carbocycles. The Hall–Kier alpha value is -7.94. The fourth-order valence-electron chi connectivity index (χ4n) is 8.40. The van der Waals surface area contributed by atoms with Crippen LogP contribution in [0.3, 0.4) is 0 Å². The highest BCUT2D eigenvalue weighted by molar-refractivity contribution is 6.19. The average Bonchev–Trinajstić information content (AvgIpc) is 3.75. The third-order valence-electron chi connectivity index (χ3n) is 11.4. The Balaban J connectivity index is 1.10. The van der Waals surface area contributed by atoms with Crippen molar-refractivity contribution in [3.63, 3.8) is 0 Å². The van der Waals surface area contributed by atoms with Crippen LogP contribution in [0.4, 0.5) is 17.1 Å². The van der Waals surface area contributed by atoms with Crippen molar-refractivity contribution in [3.8, 4) is 55.6 Å². The molecule has 0 saturated heterocycles. The molecule has 2 nitrogen and oxygen atoms in total. The molecule has 60 heavy (non-hydrogen) atoms. The van der Waals surface area contributed by atoms with Crippen LogP contribution in [0, 0.1) is 0 Å². The number of hydrogen-bond acceptors (Lipinski definition) is 2. The summed E-state index contributed by atoms with van der Waals surface area (Å²) in [5.41, 5.74) is 12.0. The van der Waals surface area contributed by atoms with Crippen LogP contribution >= 0.6 is 0 Å². The summed E-state index contributed by atoms with van der Waals surface area (Å²) < 4.78 is 45.1. The summed E-state index contributed by atoms with van der Waals surface area (Å²) in [5, 5.41) is 4.17. The van der Waals surface area contributed by atoms with Gasteiger partial charge in [0.1, 0.15) is 11.2 Å². The molecule has 0 spiro atoms. The van der Waals surface area contributed by atoms with Crippen LogP contribution in [0.1, 0.15) is 5.48 Å². The van der Waals surface area contributed by atoms with E-state index in [0.717, 1.165) is 77.2 Å². The van der Waals surface area contributed by atoms with Crippen LogP contribution in [0.15, 0.2) is 241 Å². The van der Waals surface area contributed by atoms with Gasteiger partial charge in [0, 0.05) is 33.1 Å². The number of anilines is 3. The first-order chi connectivity index (χ1) is 31.4. The Morgan fingerprint density at radius 2 is 0.900 bits per heavy atom. The maximum atomic E-state index is 9.74. The lowest BCUT2D eigenvalue weighted by Crippen LogP contribution is -2.11. The van der Waals surface area contributed by atoms with Gasteiger partial charge in [-0.2, -0.15) is 0 Å². The molecule has 11 rings (SSSR count). The second-order valence-corrected chi connectivity index (χ2v) is 15.0. The standard InChI is InChI=1S/C58H39NO/c1-3-13-40(14-4-1)42-25-27-44(28-26-42)45-33-36-49(37-34-45)59(55-23-10-9-20-51(55)47-31-29-43(30-32-47)41-15-5-2-6-16-41)50-19-11-18-48(39-50)52-22-12-24-56-57(52)54-38-35-46-17-7-8-21-53(46)58(54)60-56/h1-39H/i33D,34D,36D,37D. The van der Waals surface area contributed by atoms with Crippen LogP contribution in [0.25, 0.3) is 88.3 Å². The molecule has 0 aliphatic rings. The minimum absolute atomic E-state index is 0.115. The molecule has 0 unspecified atom stereocenters. The maximum absolute atomic E-state index is 9.74. The van der Waals surface area contributed by atoms with Crippen molar-refractivity contribution in [1.29, 1.82) is 0 Å². The summed E-state index contributed by atoms with van der Waals surface area (Å²) in [7, 11) is 0. The average molecular weight is 770 g/mol. The molecule has 0 aliphatic heterocycles. The molecular weight excluding hydrogens is 727 g/mol. The first kappa shape index (κ1) is 31.1. The summed E-state index contributed by atoms with van der Waals surface area (Å²) in [4.78, 5) is 1.90. The van der Waals surface area contributed by atoms with E-state index in [1.807, 2.05) is 138 Å². The molecule has 0 atom stereocenters. The summed E-state index contributed by atoms with van der Waals surface area (Å²) >= 11 is 0. The quantitative estimate of drug-likeness (QED) is 0.153. The smallest absolute Gasteiger partial charge is 0.143 e. The van der Waals surface area contributed by atoms with E-state index in [1.54, 1.807) is 0 Å². The van der Waals surface area contributed by atoms with Gasteiger partial charge in [-0.1, -0.05) is 194 Å². The van der Waals surface area contributed by atoms with Gasteiger partial charge in [0.2, 0.25) is 0 Å². The van der Waals surface area contributed by atoms with E-state index < -0.39 is 0 Å². The van der Waals surface area contributed by atoms with Crippen molar-refractivity contribution in [2.24, 2.45) is 0 Å². The normalized spacial score (nSPS) is 12.3. The van der Waals surface area contributed by atoms with E-state index in [1.165, 1.54) is 0 Å². The summed E-state index contributed by atoms with van der Waals surface area (Å²) in [6.45, 7) is 0. The first-order valence-electron chi connectivity index (χ1n) is 22.2. The first-order valence-corrected chi connectivity index (χ1v) is 20.2. The van der Waals surface area contributed by atoms with Crippen molar-refractivity contribution in [1.82, 2.24) is 0 Å². The molecule has 1 aromatic heterocycles. The van der Waals surface area contributed by atoms with E-state index in [9.17, 15) is 5.48 Å². The molecule has 0 fully saturated rings.